The van der Waals surface area contributed by atoms with Crippen LogP contribution in [0.15, 0.2) is 94.8 Å². The Morgan fingerprint density at radius 1 is 0.704 bits per heavy atom. The molecule has 7 N–H and O–H groups in total. The number of hydrogen-bond acceptors (Lipinski definition) is 10. The Labute approximate surface area is 318 Å². The number of hydrogen-bond donors (Lipinski definition) is 4. The number of esters is 1. The number of nitrogens with one attached hydrogen (secondary N) is 1. The van der Waals surface area contributed by atoms with E-state index in [1.54, 1.807) is 0 Å². The molecule has 2 aromatic heterocycles. The SMILES string of the molecule is CC(CCN)c1ccccc1.CCCCOc1c(C(=O)NCCC(C)c2ccccc2)n(N)ccc1=O.CCCCOc1c(C(=O)OC)n(N)ccc1=O. The molecule has 2 unspecified atom stereocenters. The van der Waals surface area contributed by atoms with E-state index < -0.39 is 11.9 Å². The molecule has 54 heavy (non-hydrogen) atoms. The second-order valence-corrected chi connectivity index (χ2v) is 12.7. The summed E-state index contributed by atoms with van der Waals surface area (Å²) >= 11 is 0. The molecule has 0 bridgehead atoms. The van der Waals surface area contributed by atoms with Crippen molar-refractivity contribution in [1.29, 1.82) is 0 Å². The van der Waals surface area contributed by atoms with Gasteiger partial charge >= 0.3 is 5.97 Å². The van der Waals surface area contributed by atoms with Crippen molar-refractivity contribution in [2.75, 3.05) is 45.1 Å². The van der Waals surface area contributed by atoms with Gasteiger partial charge in [-0.1, -0.05) is 101 Å². The van der Waals surface area contributed by atoms with Gasteiger partial charge in [-0.25, -0.2) is 4.79 Å². The first kappa shape index (κ1) is 44.6. The van der Waals surface area contributed by atoms with Gasteiger partial charge in [-0.2, -0.15) is 0 Å². The predicted octanol–water partition coefficient (Wildman–Crippen LogP) is 5.33. The number of nitrogens with zero attached hydrogens (tertiary/aromatic N) is 2. The maximum Gasteiger partial charge on any atom is 0.360 e. The van der Waals surface area contributed by atoms with Gasteiger partial charge in [0.2, 0.25) is 10.9 Å². The zero-order valence-electron chi connectivity index (χ0n) is 32.3. The zero-order chi connectivity index (χ0) is 39.9. The zero-order valence-corrected chi connectivity index (χ0v) is 32.3. The Morgan fingerprint density at radius 2 is 1.15 bits per heavy atom. The fourth-order valence-corrected chi connectivity index (χ4v) is 5.13. The molecule has 13 nitrogen and oxygen atoms in total. The molecule has 0 radical (unpaired) electrons. The molecule has 294 valence electrons. The molecular weight excluding hydrogens is 688 g/mol. The van der Waals surface area contributed by atoms with Crippen LogP contribution in [0.2, 0.25) is 0 Å². The molecule has 2 aromatic carbocycles. The van der Waals surface area contributed by atoms with Crippen LogP contribution in [-0.2, 0) is 4.74 Å². The van der Waals surface area contributed by atoms with E-state index in [2.05, 4.69) is 60.3 Å². The lowest BCUT2D eigenvalue weighted by Gasteiger charge is -2.15. The third-order valence-electron chi connectivity index (χ3n) is 8.45. The third kappa shape index (κ3) is 14.5. The highest BCUT2D eigenvalue weighted by Gasteiger charge is 2.21. The lowest BCUT2D eigenvalue weighted by Crippen LogP contribution is -2.33. The Hall–Kier alpha value is -5.56. The highest BCUT2D eigenvalue weighted by Crippen LogP contribution is 2.19. The molecule has 0 fully saturated rings. The summed E-state index contributed by atoms with van der Waals surface area (Å²) in [6, 6.07) is 23.2. The summed E-state index contributed by atoms with van der Waals surface area (Å²) in [5.74, 6) is 11.2. The molecule has 13 heteroatoms. The number of benzene rings is 2. The summed E-state index contributed by atoms with van der Waals surface area (Å²) in [6.45, 7) is 10.3. The summed E-state index contributed by atoms with van der Waals surface area (Å²) in [4.78, 5) is 47.7. The molecular formula is C41H58N6O7. The van der Waals surface area contributed by atoms with Gasteiger partial charge < -0.3 is 36.9 Å². The van der Waals surface area contributed by atoms with E-state index in [4.69, 9.17) is 26.9 Å². The minimum atomic E-state index is -0.698. The average molecular weight is 747 g/mol. The first-order chi connectivity index (χ1) is 26.0. The number of nitrogen functional groups attached to an aromatic ring is 2. The number of nitrogens with two attached hydrogens (primary N) is 3. The molecule has 0 saturated carbocycles. The van der Waals surface area contributed by atoms with Gasteiger partial charge in [0.05, 0.1) is 20.3 Å². The van der Waals surface area contributed by atoms with Gasteiger partial charge in [-0.05, 0) is 55.2 Å². The Balaban J connectivity index is 0.000000308. The molecule has 2 heterocycles. The predicted molar refractivity (Wildman–Crippen MR) is 214 cm³/mol. The second kappa shape index (κ2) is 24.6. The smallest absolute Gasteiger partial charge is 0.360 e. The van der Waals surface area contributed by atoms with Crippen LogP contribution in [0.1, 0.15) is 110 Å². The van der Waals surface area contributed by atoms with E-state index in [9.17, 15) is 19.2 Å². The average Bonchev–Trinajstić information content (AvgIpc) is 3.18. The van der Waals surface area contributed by atoms with E-state index >= 15 is 0 Å². The second-order valence-electron chi connectivity index (χ2n) is 12.7. The number of unbranched alkanes of at least 4 members (excludes halogenated alkanes) is 2. The number of rotatable bonds is 17. The molecule has 4 rings (SSSR count). The Kier molecular flexibility index (Phi) is 20.3. The van der Waals surface area contributed by atoms with Gasteiger partial charge in [-0.15, -0.1) is 0 Å². The molecule has 1 amide bonds. The number of methoxy groups -OCH3 is 1. The van der Waals surface area contributed by atoms with Crippen molar-refractivity contribution in [2.24, 2.45) is 5.73 Å². The van der Waals surface area contributed by atoms with Crippen molar-refractivity contribution in [2.45, 2.75) is 78.1 Å². The van der Waals surface area contributed by atoms with Crippen molar-refractivity contribution in [3.8, 4) is 11.5 Å². The van der Waals surface area contributed by atoms with Crippen molar-refractivity contribution >= 4 is 11.9 Å². The minimum Gasteiger partial charge on any atom is -0.487 e. The van der Waals surface area contributed by atoms with Crippen LogP contribution in [0.3, 0.4) is 0 Å². The van der Waals surface area contributed by atoms with Crippen LogP contribution < -0.4 is 43.1 Å². The van der Waals surface area contributed by atoms with Crippen LogP contribution in [0, 0.1) is 0 Å². The van der Waals surface area contributed by atoms with Gasteiger partial charge in [0.25, 0.3) is 5.91 Å². The molecule has 0 aliphatic rings. The minimum absolute atomic E-state index is 0.0112. The van der Waals surface area contributed by atoms with Gasteiger partial charge in [0.1, 0.15) is 0 Å². The summed E-state index contributed by atoms with van der Waals surface area (Å²) in [5.41, 5.74) is 7.33. The fourth-order valence-electron chi connectivity index (χ4n) is 5.13. The normalized spacial score (nSPS) is 11.4. The van der Waals surface area contributed by atoms with Crippen LogP contribution in [0.25, 0.3) is 0 Å². The fraction of sp³-hybridized carbons (Fsp3) is 0.415. The van der Waals surface area contributed by atoms with Gasteiger partial charge in [-0.3, -0.25) is 23.7 Å². The maximum atomic E-state index is 12.6. The first-order valence-corrected chi connectivity index (χ1v) is 18.4. The van der Waals surface area contributed by atoms with Crippen LogP contribution >= 0.6 is 0 Å². The largest absolute Gasteiger partial charge is 0.487 e. The van der Waals surface area contributed by atoms with Crippen LogP contribution in [-0.4, -0.2) is 54.6 Å². The quantitative estimate of drug-likeness (QED) is 0.0623. The molecule has 0 spiro atoms. The maximum absolute atomic E-state index is 12.6. The van der Waals surface area contributed by atoms with Crippen molar-refractivity contribution < 1.29 is 23.8 Å². The molecule has 0 aliphatic carbocycles. The first-order valence-electron chi connectivity index (χ1n) is 18.4. The van der Waals surface area contributed by atoms with E-state index in [1.165, 1.54) is 42.8 Å². The lowest BCUT2D eigenvalue weighted by atomic mass is 9.98. The molecule has 4 aromatic rings. The van der Waals surface area contributed by atoms with Crippen molar-refractivity contribution in [3.63, 3.8) is 0 Å². The van der Waals surface area contributed by atoms with Crippen LogP contribution in [0.5, 0.6) is 11.5 Å². The van der Waals surface area contributed by atoms with E-state index in [1.807, 2.05) is 38.1 Å². The molecule has 0 aliphatic heterocycles. The van der Waals surface area contributed by atoms with E-state index in [0.717, 1.165) is 54.4 Å². The van der Waals surface area contributed by atoms with Gasteiger partial charge in [0.15, 0.2) is 22.9 Å². The molecule has 2 atom stereocenters. The van der Waals surface area contributed by atoms with Gasteiger partial charge in [0, 0.05) is 31.1 Å². The summed E-state index contributed by atoms with van der Waals surface area (Å²) in [7, 11) is 1.22. The highest BCUT2D eigenvalue weighted by atomic mass is 16.5. The van der Waals surface area contributed by atoms with E-state index in [-0.39, 0.29) is 33.7 Å². The number of ether oxygens (including phenoxy) is 3. The number of amides is 1. The summed E-state index contributed by atoms with van der Waals surface area (Å²) < 4.78 is 17.6. The van der Waals surface area contributed by atoms with E-state index in [0.29, 0.717) is 31.6 Å². The number of pyridine rings is 2. The summed E-state index contributed by atoms with van der Waals surface area (Å²) in [6.07, 6.45) is 7.97. The number of carbonyl (C=O) groups excluding carboxylic acids is 2. The lowest BCUT2D eigenvalue weighted by molar-refractivity contribution is 0.0583. The number of aromatic nitrogens is 2. The summed E-state index contributed by atoms with van der Waals surface area (Å²) in [5, 5.41) is 2.84. The van der Waals surface area contributed by atoms with Crippen molar-refractivity contribution in [1.82, 2.24) is 14.7 Å². The Morgan fingerprint density at radius 3 is 1.59 bits per heavy atom. The topological polar surface area (TPSA) is 196 Å². The highest BCUT2D eigenvalue weighted by molar-refractivity contribution is 5.95. The number of carbonyl (C=O) groups is 2. The van der Waals surface area contributed by atoms with Crippen molar-refractivity contribution in [3.05, 3.63) is 128 Å². The van der Waals surface area contributed by atoms with Crippen LogP contribution in [0.4, 0.5) is 0 Å². The monoisotopic (exact) mass is 746 g/mol. The Bertz CT molecular complexity index is 1810. The standard InChI is InChI=1S/C20H27N3O3.C11H16N2O4.C10H15N/c1-3-4-14-26-19-17(24)11-13-23(21)18(19)20(25)22-12-10-15(2)16-8-6-5-7-9-16;1-3-4-7-17-10-8(14)5-6-13(12)9(10)11(15)16-2;1-9(7-8-11)10-5-3-2-4-6-10/h5-9,11,13,15H,3-4,10,12,14,21H2,1-2H3,(H,22,25);5-6H,3-4,7,12H2,1-2H3;2-6,9H,7-8,11H2,1H3. The molecule has 0 saturated heterocycles. The third-order valence-corrected chi connectivity index (χ3v) is 8.45.